The van der Waals surface area contributed by atoms with E-state index >= 15 is 0 Å². The van der Waals surface area contributed by atoms with E-state index in [9.17, 15) is 107 Å². The van der Waals surface area contributed by atoms with Gasteiger partial charge < -0.3 is 123 Å². The van der Waals surface area contributed by atoms with Gasteiger partial charge in [-0.25, -0.2) is 4.79 Å². The lowest BCUT2D eigenvalue weighted by atomic mass is 10.0. The molecule has 1 saturated heterocycles. The summed E-state index contributed by atoms with van der Waals surface area (Å²) < 4.78 is 0. The van der Waals surface area contributed by atoms with Crippen LogP contribution in [-0.4, -0.2) is 255 Å². The fraction of sp³-hybridized carbons (Fsp3) is 0.600. The first-order valence-corrected chi connectivity index (χ1v) is 33.1. The number of hydrogen-bond donors (Lipinski definition) is 23. The number of nitrogens with zero attached hydrogens (tertiary/aromatic N) is 2. The van der Waals surface area contributed by atoms with Crippen LogP contribution in [0.2, 0.25) is 0 Å². The molecule has 2 rings (SSSR count). The predicted octanol–water partition coefficient (Wildman–Crippen LogP) is -8.86. The zero-order valence-electron chi connectivity index (χ0n) is 56.3. The number of amides is 13. The van der Waals surface area contributed by atoms with Gasteiger partial charge in [-0.3, -0.25) is 81.7 Å². The van der Waals surface area contributed by atoms with E-state index < -0.39 is 212 Å². The summed E-state index contributed by atoms with van der Waals surface area (Å²) in [5.74, 6) is -20.1. The van der Waals surface area contributed by atoms with Crippen molar-refractivity contribution in [3.8, 4) is 5.75 Å². The minimum atomic E-state index is -2.01. The molecule has 0 aliphatic carbocycles. The summed E-state index contributed by atoms with van der Waals surface area (Å²) in [7, 11) is 0. The summed E-state index contributed by atoms with van der Waals surface area (Å²) in [5, 5.41) is 75.7. The normalized spacial score (nSPS) is 15.3. The summed E-state index contributed by atoms with van der Waals surface area (Å²) in [5.41, 5.74) is 28.3. The standard InChI is InChI=1S/C60H95N19O22S/c1-30(63)49(90)67-26-44(82)72-38(23-32-13-15-33(80)16-14-32)55(96)76-37(10-4-6-20-62)58(99)79-22-8-12-42(79)57(98)77-40(25-48(88)89)56(97)75-36(17-18-46(84)85)52(93)69-27-43(81)71-35(9-3-5-19-61)53(94)74-34(11-7-21-66-60(64)65)51(92)68-28-45(83)73-39(24-47(86)87)54(95)70-31(2)50(91)78-41(29-102)59(100)101/h13-16,30-31,34-42,80,102H,3-12,17-29,61-63H2,1-2H3,(H,67,90)(H,68,92)(H,69,93)(H,70,95)(H,71,81)(H,72,82)(H,73,83)(H,74,94)(H,75,97)(H,76,96)(H,77,98)(H,78,91)(H,84,85)(H,86,87)(H,88,89)(H,100,101)(H4,64,65,66)/t30-,31-,34-,35-,36-,37-,38-,39-,40-,41-,42-/m0/s1. The number of likely N-dealkylation sites (tertiary alicyclic amines) is 1. The van der Waals surface area contributed by atoms with Gasteiger partial charge in [0.05, 0.1) is 38.5 Å². The molecule has 0 radical (unpaired) electrons. The number of unbranched alkanes of at least 4 members (excludes halogenated alkanes) is 2. The summed E-state index contributed by atoms with van der Waals surface area (Å²) in [6.07, 6.45) is -2.93. The van der Waals surface area contributed by atoms with Crippen molar-refractivity contribution in [1.82, 2.24) is 68.7 Å². The Labute approximate surface area is 590 Å². The van der Waals surface area contributed by atoms with E-state index in [0.717, 1.165) is 11.8 Å². The molecular formula is C60H95N19O22S. The van der Waals surface area contributed by atoms with E-state index in [4.69, 9.17) is 28.7 Å². The number of rotatable bonds is 48. The van der Waals surface area contributed by atoms with Crippen LogP contribution in [-0.2, 0) is 87.9 Å². The number of guanidine groups is 1. The second kappa shape index (κ2) is 46.0. The van der Waals surface area contributed by atoms with Crippen LogP contribution in [0.3, 0.4) is 0 Å². The highest BCUT2D eigenvalue weighted by Gasteiger charge is 2.41. The van der Waals surface area contributed by atoms with Crippen LogP contribution < -0.4 is 92.5 Å². The van der Waals surface area contributed by atoms with Crippen molar-refractivity contribution in [3.05, 3.63) is 29.8 Å². The topological polar surface area (TPSA) is 681 Å². The Morgan fingerprint density at radius 3 is 1.46 bits per heavy atom. The molecule has 102 heavy (non-hydrogen) atoms. The molecule has 1 aliphatic rings. The zero-order valence-corrected chi connectivity index (χ0v) is 57.2. The highest BCUT2D eigenvalue weighted by Crippen LogP contribution is 2.21. The molecule has 0 aromatic heterocycles. The maximum atomic E-state index is 14.5. The number of aliphatic imine (C=N–C) groups is 1. The van der Waals surface area contributed by atoms with Gasteiger partial charge in [0.25, 0.3) is 0 Å². The Morgan fingerprint density at radius 1 is 0.520 bits per heavy atom. The molecule has 1 aliphatic heterocycles. The van der Waals surface area contributed by atoms with E-state index in [2.05, 4.69) is 81.4 Å². The average molecular weight is 1470 g/mol. The SMILES string of the molecule is C[C@H](N)C(=O)NCC(=O)N[C@@H](Cc1ccc(O)cc1)C(=O)N[C@@H](CCCCN)C(=O)N1CCC[C@H]1C(=O)N[C@@H](CC(=O)O)C(=O)N[C@@H](CCC(=O)O)C(=O)NCC(=O)N[C@@H](CCCCN)C(=O)N[C@@H](CCCN=C(N)N)C(=O)NCC(=O)N[C@@H](CC(=O)O)C(=O)N[C@@H](C)C(=O)N[C@@H](CS)C(=O)O. The molecule has 1 fully saturated rings. The third-order valence-corrected chi connectivity index (χ3v) is 15.5. The highest BCUT2D eigenvalue weighted by molar-refractivity contribution is 7.80. The molecule has 0 saturated carbocycles. The van der Waals surface area contributed by atoms with Crippen LogP contribution in [0.1, 0.15) is 109 Å². The van der Waals surface area contributed by atoms with E-state index in [1.54, 1.807) is 0 Å². The molecule has 568 valence electrons. The van der Waals surface area contributed by atoms with Gasteiger partial charge in [0.1, 0.15) is 66.2 Å². The lowest BCUT2D eigenvalue weighted by molar-refractivity contribution is -0.144. The van der Waals surface area contributed by atoms with Gasteiger partial charge in [0.15, 0.2) is 5.96 Å². The first-order valence-electron chi connectivity index (χ1n) is 32.4. The molecule has 0 unspecified atom stereocenters. The number of hydrogen-bond acceptors (Lipinski definition) is 23. The van der Waals surface area contributed by atoms with Crippen molar-refractivity contribution < 1.29 is 107 Å². The van der Waals surface area contributed by atoms with Crippen LogP contribution in [0.15, 0.2) is 29.3 Å². The summed E-state index contributed by atoms with van der Waals surface area (Å²) in [6, 6.07) is -11.1. The molecular weight excluding hydrogens is 1370 g/mol. The number of carboxylic acids is 4. The number of carbonyl (C=O) groups excluding carboxylic acids is 13. The number of nitrogens with one attached hydrogen (secondary N) is 12. The minimum absolute atomic E-state index is 0.00828. The first kappa shape index (κ1) is 87.6. The average Bonchev–Trinajstić information content (AvgIpc) is 1.61. The Balaban J connectivity index is 2.34. The third kappa shape index (κ3) is 33.6. The number of thiol groups is 1. The Kier molecular flexibility index (Phi) is 39.5. The molecule has 13 amide bonds. The van der Waals surface area contributed by atoms with Crippen molar-refractivity contribution in [3.63, 3.8) is 0 Å². The van der Waals surface area contributed by atoms with Gasteiger partial charge in [0.2, 0.25) is 76.8 Å². The molecule has 41 nitrogen and oxygen atoms in total. The van der Waals surface area contributed by atoms with Gasteiger partial charge in [-0.1, -0.05) is 12.1 Å². The van der Waals surface area contributed by atoms with Crippen molar-refractivity contribution in [2.75, 3.05) is 51.6 Å². The molecule has 1 aromatic rings. The number of phenols is 1. The van der Waals surface area contributed by atoms with E-state index in [1.165, 1.54) is 31.2 Å². The van der Waals surface area contributed by atoms with Crippen LogP contribution in [0.4, 0.5) is 0 Å². The second-order valence-corrected chi connectivity index (χ2v) is 23.9. The van der Waals surface area contributed by atoms with Crippen molar-refractivity contribution in [2.24, 2.45) is 33.7 Å². The molecule has 1 heterocycles. The Bertz CT molecular complexity index is 3140. The van der Waals surface area contributed by atoms with E-state index in [1.807, 2.05) is 0 Å². The Morgan fingerprint density at radius 2 is 0.961 bits per heavy atom. The summed E-state index contributed by atoms with van der Waals surface area (Å²) >= 11 is 3.84. The Hall–Kier alpha value is -10.5. The molecule has 1 aromatic carbocycles. The van der Waals surface area contributed by atoms with Crippen molar-refractivity contribution in [1.29, 1.82) is 0 Å². The largest absolute Gasteiger partial charge is 0.508 e. The van der Waals surface area contributed by atoms with Gasteiger partial charge in [0, 0.05) is 31.7 Å². The van der Waals surface area contributed by atoms with Crippen LogP contribution in [0, 0.1) is 0 Å². The first-order chi connectivity index (χ1) is 48.1. The lowest BCUT2D eigenvalue weighted by Gasteiger charge is -2.31. The number of phenolic OH excluding ortho intramolecular Hbond substituents is 1. The molecule has 0 bridgehead atoms. The number of nitrogens with two attached hydrogens (primary N) is 5. The van der Waals surface area contributed by atoms with E-state index in [-0.39, 0.29) is 101 Å². The number of aliphatic carboxylic acids is 4. The fourth-order valence-electron chi connectivity index (χ4n) is 9.76. The quantitative estimate of drug-likeness (QED) is 0.0125. The number of carbonyl (C=O) groups is 17. The molecule has 0 spiro atoms. The highest BCUT2D eigenvalue weighted by atomic mass is 32.1. The van der Waals surface area contributed by atoms with Gasteiger partial charge in [-0.05, 0) is 115 Å². The number of benzene rings is 1. The van der Waals surface area contributed by atoms with Gasteiger partial charge >= 0.3 is 23.9 Å². The van der Waals surface area contributed by atoms with Gasteiger partial charge in [-0.2, -0.15) is 12.6 Å². The van der Waals surface area contributed by atoms with Crippen LogP contribution in [0.25, 0.3) is 0 Å². The number of carboxylic acid groups (broad SMARTS) is 4. The lowest BCUT2D eigenvalue weighted by Crippen LogP contribution is -2.59. The smallest absolute Gasteiger partial charge is 0.327 e. The predicted molar refractivity (Wildman–Crippen MR) is 361 cm³/mol. The second-order valence-electron chi connectivity index (χ2n) is 23.6. The maximum Gasteiger partial charge on any atom is 0.327 e. The van der Waals surface area contributed by atoms with Crippen LogP contribution >= 0.6 is 12.6 Å². The number of aromatic hydroxyl groups is 1. The van der Waals surface area contributed by atoms with Crippen LogP contribution in [0.5, 0.6) is 5.75 Å². The minimum Gasteiger partial charge on any atom is -0.508 e. The van der Waals surface area contributed by atoms with Crippen molar-refractivity contribution >= 4 is 119 Å². The molecule has 42 heteroatoms. The molecule has 27 N–H and O–H groups in total. The fourth-order valence-corrected chi connectivity index (χ4v) is 10.0. The molecule has 11 atom stereocenters. The summed E-state index contributed by atoms with van der Waals surface area (Å²) in [4.78, 5) is 228. The van der Waals surface area contributed by atoms with E-state index in [0.29, 0.717) is 18.4 Å². The van der Waals surface area contributed by atoms with Gasteiger partial charge in [-0.15, -0.1) is 0 Å². The zero-order chi connectivity index (χ0) is 76.8. The monoisotopic (exact) mass is 1470 g/mol. The van der Waals surface area contributed by atoms with Crippen molar-refractivity contribution in [2.45, 2.75) is 177 Å². The summed E-state index contributed by atoms with van der Waals surface area (Å²) in [6.45, 7) is 0.179. The maximum absolute atomic E-state index is 14.5. The third-order valence-electron chi connectivity index (χ3n) is 15.2.